The Kier molecular flexibility index (Phi) is 3.01. The average molecular weight is 248 g/mol. The van der Waals surface area contributed by atoms with Gasteiger partial charge < -0.3 is 9.64 Å². The van der Waals surface area contributed by atoms with E-state index >= 15 is 0 Å². The number of rotatable bonds is 2. The molecule has 94 valence electrons. The first-order chi connectivity index (χ1) is 8.52. The third-order valence-corrected chi connectivity index (χ3v) is 2.65. The molecule has 1 amide bonds. The molecular formula is C12H12N2O4. The second kappa shape index (κ2) is 4.48. The van der Waals surface area contributed by atoms with E-state index in [4.69, 9.17) is 4.74 Å². The lowest BCUT2D eigenvalue weighted by Crippen LogP contribution is -2.41. The highest BCUT2D eigenvalue weighted by Crippen LogP contribution is 2.36. The molecule has 6 heteroatoms. The number of benzene rings is 1. The minimum atomic E-state index is -0.505. The van der Waals surface area contributed by atoms with Crippen molar-refractivity contribution in [1.29, 1.82) is 0 Å². The lowest BCUT2D eigenvalue weighted by atomic mass is 10.1. The molecule has 18 heavy (non-hydrogen) atoms. The summed E-state index contributed by atoms with van der Waals surface area (Å²) in [6, 6.07) is 4.20. The number of hydrogen-bond acceptors (Lipinski definition) is 4. The van der Waals surface area contributed by atoms with Crippen LogP contribution in [0.3, 0.4) is 0 Å². The van der Waals surface area contributed by atoms with E-state index in [1.807, 2.05) is 6.92 Å². The summed E-state index contributed by atoms with van der Waals surface area (Å²) >= 11 is 0. The van der Waals surface area contributed by atoms with Crippen LogP contribution in [0.5, 0.6) is 5.75 Å². The molecule has 0 aromatic heterocycles. The lowest BCUT2D eigenvalue weighted by Gasteiger charge is -2.32. The summed E-state index contributed by atoms with van der Waals surface area (Å²) in [5.41, 5.74) is 0.334. The van der Waals surface area contributed by atoms with Gasteiger partial charge >= 0.3 is 0 Å². The fourth-order valence-electron chi connectivity index (χ4n) is 1.86. The lowest BCUT2D eigenvalue weighted by molar-refractivity contribution is -0.384. The zero-order chi connectivity index (χ0) is 13.3. The fraction of sp³-hybridized carbons (Fsp3) is 0.250. The fourth-order valence-corrected chi connectivity index (χ4v) is 1.86. The van der Waals surface area contributed by atoms with Crippen LogP contribution in [0, 0.1) is 10.1 Å². The molecule has 0 spiro atoms. The molecule has 0 fully saturated rings. The Bertz CT molecular complexity index is 527. The van der Waals surface area contributed by atoms with Crippen molar-refractivity contribution in [3.05, 3.63) is 41.0 Å². The Labute approximate surface area is 104 Å². The summed E-state index contributed by atoms with van der Waals surface area (Å²) in [5, 5.41) is 10.7. The third kappa shape index (κ3) is 2.04. The molecule has 0 N–H and O–H groups in total. The number of anilines is 1. The first kappa shape index (κ1) is 12.1. The minimum absolute atomic E-state index is 0.0752. The van der Waals surface area contributed by atoms with Gasteiger partial charge in [0.1, 0.15) is 11.9 Å². The van der Waals surface area contributed by atoms with E-state index in [9.17, 15) is 14.9 Å². The highest BCUT2D eigenvalue weighted by molar-refractivity contribution is 6.02. The summed E-state index contributed by atoms with van der Waals surface area (Å²) in [6.07, 6.45) is 1.02. The normalized spacial score (nSPS) is 17.6. The third-order valence-electron chi connectivity index (χ3n) is 2.65. The van der Waals surface area contributed by atoms with Crippen molar-refractivity contribution < 1.29 is 14.5 Å². The molecular weight excluding hydrogens is 236 g/mol. The van der Waals surface area contributed by atoms with E-state index in [1.165, 1.54) is 29.2 Å². The van der Waals surface area contributed by atoms with Crippen LogP contribution in [0.15, 0.2) is 30.9 Å². The van der Waals surface area contributed by atoms with Crippen LogP contribution in [0.1, 0.15) is 6.92 Å². The first-order valence-electron chi connectivity index (χ1n) is 5.42. The number of fused-ring (bicyclic) bond motifs is 1. The second-order valence-electron chi connectivity index (χ2n) is 3.99. The molecule has 1 heterocycles. The van der Waals surface area contributed by atoms with Gasteiger partial charge in [0, 0.05) is 12.1 Å². The van der Waals surface area contributed by atoms with Gasteiger partial charge in [-0.1, -0.05) is 6.58 Å². The molecule has 1 aromatic rings. The molecule has 1 atom stereocenters. The van der Waals surface area contributed by atoms with Crippen molar-refractivity contribution in [2.75, 3.05) is 11.4 Å². The van der Waals surface area contributed by atoms with Crippen LogP contribution in [0.2, 0.25) is 0 Å². The zero-order valence-corrected chi connectivity index (χ0v) is 9.83. The number of ether oxygens (including phenoxy) is 1. The van der Waals surface area contributed by atoms with Crippen LogP contribution in [0.4, 0.5) is 11.4 Å². The summed E-state index contributed by atoms with van der Waals surface area (Å²) < 4.78 is 5.54. The number of nitrogens with zero attached hydrogens (tertiary/aromatic N) is 2. The monoisotopic (exact) mass is 248 g/mol. The maximum atomic E-state index is 11.7. The molecule has 0 aliphatic carbocycles. The number of amides is 1. The van der Waals surface area contributed by atoms with Gasteiger partial charge in [0.2, 0.25) is 0 Å². The van der Waals surface area contributed by atoms with Crippen molar-refractivity contribution in [1.82, 2.24) is 0 Å². The topological polar surface area (TPSA) is 72.7 Å². The predicted molar refractivity (Wildman–Crippen MR) is 65.7 cm³/mol. The van der Waals surface area contributed by atoms with Crippen LogP contribution < -0.4 is 9.64 Å². The Morgan fingerprint density at radius 2 is 2.39 bits per heavy atom. The highest BCUT2D eigenvalue weighted by atomic mass is 16.6. The summed E-state index contributed by atoms with van der Waals surface area (Å²) in [6.45, 7) is 5.60. The SMILES string of the molecule is C=CC(=O)N1CC(C)Oc2ccc([N+](=O)[O-])cc21. The molecule has 1 aliphatic heterocycles. The average Bonchev–Trinajstić information content (AvgIpc) is 2.36. The van der Waals surface area contributed by atoms with Gasteiger partial charge in [0.05, 0.1) is 17.2 Å². The Morgan fingerprint density at radius 3 is 3.00 bits per heavy atom. The van der Waals surface area contributed by atoms with E-state index in [0.29, 0.717) is 18.0 Å². The number of nitro benzene ring substituents is 1. The highest BCUT2D eigenvalue weighted by Gasteiger charge is 2.28. The number of nitro groups is 1. The van der Waals surface area contributed by atoms with Crippen LogP contribution in [-0.2, 0) is 4.79 Å². The van der Waals surface area contributed by atoms with Gasteiger partial charge in [-0.2, -0.15) is 0 Å². The molecule has 0 bridgehead atoms. The summed E-state index contributed by atoms with van der Waals surface area (Å²) in [4.78, 5) is 23.4. The molecule has 6 nitrogen and oxygen atoms in total. The maximum absolute atomic E-state index is 11.7. The molecule has 2 rings (SSSR count). The Balaban J connectivity index is 2.50. The molecule has 1 aliphatic rings. The van der Waals surface area contributed by atoms with Crippen molar-refractivity contribution in [3.8, 4) is 5.75 Å². The van der Waals surface area contributed by atoms with Crippen molar-refractivity contribution in [3.63, 3.8) is 0 Å². The van der Waals surface area contributed by atoms with Gasteiger partial charge in [0.15, 0.2) is 0 Å². The van der Waals surface area contributed by atoms with E-state index in [2.05, 4.69) is 6.58 Å². The molecule has 1 aromatic carbocycles. The minimum Gasteiger partial charge on any atom is -0.487 e. The largest absolute Gasteiger partial charge is 0.487 e. The number of carbonyl (C=O) groups is 1. The van der Waals surface area contributed by atoms with Crippen molar-refractivity contribution >= 4 is 17.3 Å². The molecule has 0 saturated carbocycles. The van der Waals surface area contributed by atoms with E-state index in [0.717, 1.165) is 0 Å². The van der Waals surface area contributed by atoms with Crippen LogP contribution in [-0.4, -0.2) is 23.5 Å². The number of hydrogen-bond donors (Lipinski definition) is 0. The quantitative estimate of drug-likeness (QED) is 0.455. The zero-order valence-electron chi connectivity index (χ0n) is 9.83. The molecule has 1 unspecified atom stereocenters. The summed E-state index contributed by atoms with van der Waals surface area (Å²) in [5.74, 6) is 0.168. The van der Waals surface area contributed by atoms with E-state index < -0.39 is 4.92 Å². The van der Waals surface area contributed by atoms with E-state index in [1.54, 1.807) is 0 Å². The molecule has 0 saturated heterocycles. The predicted octanol–water partition coefficient (Wildman–Crippen LogP) is 1.89. The van der Waals surface area contributed by atoms with Gasteiger partial charge in [-0.05, 0) is 19.1 Å². The van der Waals surface area contributed by atoms with Gasteiger partial charge in [-0.3, -0.25) is 14.9 Å². The standard InChI is InChI=1S/C12H12N2O4/c1-3-12(15)13-7-8(2)18-11-5-4-9(14(16)17)6-10(11)13/h3-6,8H,1,7H2,2H3. The summed E-state index contributed by atoms with van der Waals surface area (Å²) in [7, 11) is 0. The van der Waals surface area contributed by atoms with Crippen LogP contribution in [0.25, 0.3) is 0 Å². The van der Waals surface area contributed by atoms with Crippen molar-refractivity contribution in [2.24, 2.45) is 0 Å². The Morgan fingerprint density at radius 1 is 1.67 bits per heavy atom. The number of carbonyl (C=O) groups excluding carboxylic acids is 1. The first-order valence-corrected chi connectivity index (χ1v) is 5.42. The van der Waals surface area contributed by atoms with E-state index in [-0.39, 0.29) is 17.7 Å². The van der Waals surface area contributed by atoms with Gasteiger partial charge in [0.25, 0.3) is 11.6 Å². The number of non-ortho nitro benzene ring substituents is 1. The molecule has 0 radical (unpaired) electrons. The van der Waals surface area contributed by atoms with Crippen molar-refractivity contribution in [2.45, 2.75) is 13.0 Å². The van der Waals surface area contributed by atoms with Gasteiger partial charge in [-0.25, -0.2) is 0 Å². The van der Waals surface area contributed by atoms with Crippen LogP contribution >= 0.6 is 0 Å². The Hall–Kier alpha value is -2.37. The van der Waals surface area contributed by atoms with Gasteiger partial charge in [-0.15, -0.1) is 0 Å². The smallest absolute Gasteiger partial charge is 0.271 e. The second-order valence-corrected chi connectivity index (χ2v) is 3.99. The maximum Gasteiger partial charge on any atom is 0.271 e.